The zero-order chi connectivity index (χ0) is 11.0. The Morgan fingerprint density at radius 2 is 2.13 bits per heavy atom. The molecule has 0 amide bonds. The van der Waals surface area contributed by atoms with Gasteiger partial charge in [-0.3, -0.25) is 4.90 Å². The van der Waals surface area contributed by atoms with E-state index in [1.54, 1.807) is 0 Å². The Labute approximate surface area is 94.3 Å². The molecule has 80 valence electrons. The van der Waals surface area contributed by atoms with Crippen molar-refractivity contribution in [3.05, 3.63) is 30.1 Å². The lowest BCUT2D eigenvalue weighted by Gasteiger charge is -2.17. The molecule has 2 rings (SSSR count). The van der Waals surface area contributed by atoms with Crippen molar-refractivity contribution >= 4 is 22.6 Å². The Hall–Kier alpha value is -1.06. The van der Waals surface area contributed by atoms with Crippen molar-refractivity contribution in [2.75, 3.05) is 14.1 Å². The van der Waals surface area contributed by atoms with E-state index in [2.05, 4.69) is 11.1 Å². The predicted octanol–water partition coefficient (Wildman–Crippen LogP) is 2.37. The summed E-state index contributed by atoms with van der Waals surface area (Å²) in [6, 6.07) is 6.13. The van der Waals surface area contributed by atoms with Gasteiger partial charge in [0.15, 0.2) is 0 Å². The van der Waals surface area contributed by atoms with Crippen molar-refractivity contribution in [2.24, 2.45) is 7.05 Å². The van der Waals surface area contributed by atoms with Crippen LogP contribution in [0, 0.1) is 0 Å². The van der Waals surface area contributed by atoms with E-state index in [1.165, 1.54) is 0 Å². The van der Waals surface area contributed by atoms with Gasteiger partial charge >= 0.3 is 0 Å². The summed E-state index contributed by atoms with van der Waals surface area (Å²) in [5.74, 6) is 0. The topological polar surface area (TPSA) is 21.1 Å². The Bertz CT molecular complexity index is 476. The van der Waals surface area contributed by atoms with Crippen molar-refractivity contribution in [3.8, 4) is 0 Å². The molecule has 0 aliphatic heterocycles. The predicted molar refractivity (Wildman–Crippen MR) is 63.0 cm³/mol. The standard InChI is InChI=1S/C11H14ClN3/c1-14(2)11(12)8-4-5-10-9(6-8)13-7-15(10)3/h4-7,11H,1-3H3. The number of alkyl halides is 1. The largest absolute Gasteiger partial charge is 0.334 e. The third kappa shape index (κ3) is 1.85. The molecule has 3 nitrogen and oxygen atoms in total. The molecule has 4 heteroatoms. The molecule has 0 spiro atoms. The second-order valence-electron chi connectivity index (χ2n) is 3.90. The first kappa shape index (κ1) is 10.5. The highest BCUT2D eigenvalue weighted by Gasteiger charge is 2.11. The van der Waals surface area contributed by atoms with Crippen LogP contribution in [0.3, 0.4) is 0 Å². The highest BCUT2D eigenvalue weighted by atomic mass is 35.5. The van der Waals surface area contributed by atoms with Gasteiger partial charge in [-0.15, -0.1) is 11.6 Å². The number of fused-ring (bicyclic) bond motifs is 1. The van der Waals surface area contributed by atoms with Crippen LogP contribution in [0.2, 0.25) is 0 Å². The highest BCUT2D eigenvalue weighted by molar-refractivity contribution is 6.20. The van der Waals surface area contributed by atoms with E-state index in [1.807, 2.05) is 49.1 Å². The average Bonchev–Trinajstić information content (AvgIpc) is 2.59. The number of benzene rings is 1. The Morgan fingerprint density at radius 1 is 1.40 bits per heavy atom. The molecule has 0 N–H and O–H groups in total. The van der Waals surface area contributed by atoms with Crippen molar-refractivity contribution < 1.29 is 0 Å². The quantitative estimate of drug-likeness (QED) is 0.576. The summed E-state index contributed by atoms with van der Waals surface area (Å²) < 4.78 is 2.00. The lowest BCUT2D eigenvalue weighted by atomic mass is 10.2. The maximum atomic E-state index is 6.24. The first-order chi connectivity index (χ1) is 7.09. The third-order valence-corrected chi connectivity index (χ3v) is 3.12. The molecule has 0 fully saturated rings. The molecule has 0 radical (unpaired) electrons. The summed E-state index contributed by atoms with van der Waals surface area (Å²) in [4.78, 5) is 6.27. The van der Waals surface area contributed by atoms with E-state index in [-0.39, 0.29) is 5.50 Å². The van der Waals surface area contributed by atoms with E-state index in [0.29, 0.717) is 0 Å². The molecule has 2 aromatic rings. The minimum Gasteiger partial charge on any atom is -0.334 e. The van der Waals surface area contributed by atoms with Gasteiger partial charge in [-0.2, -0.15) is 0 Å². The number of aryl methyl sites for hydroxylation is 1. The molecule has 15 heavy (non-hydrogen) atoms. The van der Waals surface area contributed by atoms with E-state index < -0.39 is 0 Å². The van der Waals surface area contributed by atoms with Crippen LogP contribution >= 0.6 is 11.6 Å². The second-order valence-corrected chi connectivity index (χ2v) is 4.32. The van der Waals surface area contributed by atoms with Crippen LogP contribution in [0.4, 0.5) is 0 Å². The molecule has 0 aliphatic rings. The van der Waals surface area contributed by atoms with Crippen molar-refractivity contribution in [1.82, 2.24) is 14.5 Å². The van der Waals surface area contributed by atoms with Gasteiger partial charge in [0.2, 0.25) is 0 Å². The lowest BCUT2D eigenvalue weighted by Crippen LogP contribution is -2.14. The monoisotopic (exact) mass is 223 g/mol. The van der Waals surface area contributed by atoms with Gasteiger partial charge in [0.1, 0.15) is 5.50 Å². The number of nitrogens with zero attached hydrogens (tertiary/aromatic N) is 3. The Balaban J connectivity index is 2.47. The van der Waals surface area contributed by atoms with Crippen LogP contribution < -0.4 is 0 Å². The van der Waals surface area contributed by atoms with E-state index in [0.717, 1.165) is 16.6 Å². The average molecular weight is 224 g/mol. The summed E-state index contributed by atoms with van der Waals surface area (Å²) in [5, 5.41) is 0. The third-order valence-electron chi connectivity index (χ3n) is 2.48. The Morgan fingerprint density at radius 3 is 2.80 bits per heavy atom. The minimum absolute atomic E-state index is 0.101. The maximum Gasteiger partial charge on any atom is 0.110 e. The van der Waals surface area contributed by atoms with Crippen LogP contribution in [-0.4, -0.2) is 28.5 Å². The van der Waals surface area contributed by atoms with Gasteiger partial charge in [-0.25, -0.2) is 4.98 Å². The summed E-state index contributed by atoms with van der Waals surface area (Å²) in [6.45, 7) is 0. The number of hydrogen-bond donors (Lipinski definition) is 0. The highest BCUT2D eigenvalue weighted by Crippen LogP contribution is 2.25. The summed E-state index contributed by atoms with van der Waals surface area (Å²) in [7, 11) is 5.90. The van der Waals surface area contributed by atoms with Crippen LogP contribution in [0.1, 0.15) is 11.1 Å². The molecule has 1 aromatic carbocycles. The molecule has 0 saturated heterocycles. The molecular formula is C11H14ClN3. The molecule has 0 saturated carbocycles. The fraction of sp³-hybridized carbons (Fsp3) is 0.364. The number of halogens is 1. The van der Waals surface area contributed by atoms with Gasteiger partial charge in [-0.05, 0) is 31.8 Å². The van der Waals surface area contributed by atoms with Crippen LogP contribution in [0.15, 0.2) is 24.5 Å². The number of hydrogen-bond acceptors (Lipinski definition) is 2. The number of rotatable bonds is 2. The van der Waals surface area contributed by atoms with Crippen molar-refractivity contribution in [1.29, 1.82) is 0 Å². The smallest absolute Gasteiger partial charge is 0.110 e. The molecule has 1 atom stereocenters. The first-order valence-electron chi connectivity index (χ1n) is 4.81. The van der Waals surface area contributed by atoms with Crippen molar-refractivity contribution in [3.63, 3.8) is 0 Å². The van der Waals surface area contributed by atoms with Gasteiger partial charge in [0.25, 0.3) is 0 Å². The second kappa shape index (κ2) is 3.83. The first-order valence-corrected chi connectivity index (χ1v) is 5.24. The molecule has 0 bridgehead atoms. The molecule has 1 aromatic heterocycles. The van der Waals surface area contributed by atoms with Gasteiger partial charge < -0.3 is 4.57 Å². The number of aromatic nitrogens is 2. The van der Waals surface area contributed by atoms with Gasteiger partial charge in [-0.1, -0.05) is 6.07 Å². The minimum atomic E-state index is -0.101. The number of imidazole rings is 1. The SMILES string of the molecule is CN(C)C(Cl)c1ccc2c(c1)ncn2C. The van der Waals surface area contributed by atoms with Gasteiger partial charge in [0.05, 0.1) is 17.4 Å². The van der Waals surface area contributed by atoms with E-state index in [9.17, 15) is 0 Å². The lowest BCUT2D eigenvalue weighted by molar-refractivity contribution is 0.385. The van der Waals surface area contributed by atoms with E-state index >= 15 is 0 Å². The van der Waals surface area contributed by atoms with Crippen LogP contribution in [0.25, 0.3) is 11.0 Å². The van der Waals surface area contributed by atoms with Crippen LogP contribution in [0.5, 0.6) is 0 Å². The zero-order valence-electron chi connectivity index (χ0n) is 9.11. The molecule has 0 aliphatic carbocycles. The molecule has 1 heterocycles. The summed E-state index contributed by atoms with van der Waals surface area (Å²) in [5.41, 5.74) is 3.09. The summed E-state index contributed by atoms with van der Waals surface area (Å²) >= 11 is 6.24. The maximum absolute atomic E-state index is 6.24. The fourth-order valence-corrected chi connectivity index (χ4v) is 1.74. The normalized spacial score (nSPS) is 13.7. The van der Waals surface area contributed by atoms with E-state index in [4.69, 9.17) is 11.6 Å². The molecular weight excluding hydrogens is 210 g/mol. The van der Waals surface area contributed by atoms with Gasteiger partial charge in [0, 0.05) is 7.05 Å². The fourth-order valence-electron chi connectivity index (χ4n) is 1.60. The van der Waals surface area contributed by atoms with Crippen LogP contribution in [-0.2, 0) is 7.05 Å². The molecule has 1 unspecified atom stereocenters. The van der Waals surface area contributed by atoms with Crippen molar-refractivity contribution in [2.45, 2.75) is 5.50 Å². The summed E-state index contributed by atoms with van der Waals surface area (Å²) in [6.07, 6.45) is 1.81. The Kier molecular flexibility index (Phi) is 2.67. The zero-order valence-corrected chi connectivity index (χ0v) is 9.86.